The van der Waals surface area contributed by atoms with Gasteiger partial charge < -0.3 is 10.6 Å². The van der Waals surface area contributed by atoms with Crippen LogP contribution in [0.3, 0.4) is 0 Å². The summed E-state index contributed by atoms with van der Waals surface area (Å²) in [7, 11) is 0. The summed E-state index contributed by atoms with van der Waals surface area (Å²) < 4.78 is 29.8. The van der Waals surface area contributed by atoms with Gasteiger partial charge in [-0.3, -0.25) is 0 Å². The van der Waals surface area contributed by atoms with Crippen molar-refractivity contribution in [2.24, 2.45) is 0 Å². The molecule has 4 rings (SSSR count). The summed E-state index contributed by atoms with van der Waals surface area (Å²) in [6, 6.07) is 16.4. The Kier molecular flexibility index (Phi) is 7.50. The lowest BCUT2D eigenvalue weighted by molar-refractivity contribution is 0.239. The predicted molar refractivity (Wildman–Crippen MR) is 148 cm³/mol. The monoisotopic (exact) mass is 497 g/mol. The number of allylic oxidation sites excluding steroid dienone is 1. The first-order valence-electron chi connectivity index (χ1n) is 12.6. The lowest BCUT2D eigenvalue weighted by atomic mass is 9.78. The number of benzene rings is 3. The van der Waals surface area contributed by atoms with Crippen LogP contribution in [0, 0.1) is 36.8 Å². The molecule has 0 bridgehead atoms. The second-order valence-electron chi connectivity index (χ2n) is 10.4. The van der Waals surface area contributed by atoms with E-state index in [2.05, 4.69) is 36.8 Å². The molecule has 0 atom stereocenters. The Morgan fingerprint density at radius 3 is 2.30 bits per heavy atom. The number of nitrogens with zero attached hydrogens (tertiary/aromatic N) is 1. The molecule has 0 saturated heterocycles. The summed E-state index contributed by atoms with van der Waals surface area (Å²) >= 11 is 0. The van der Waals surface area contributed by atoms with E-state index in [1.54, 1.807) is 0 Å². The summed E-state index contributed by atoms with van der Waals surface area (Å²) in [5.41, 5.74) is 7.27. The topological polar surface area (TPSA) is 47.9 Å². The first-order chi connectivity index (χ1) is 17.6. The van der Waals surface area contributed by atoms with Gasteiger partial charge in [0.05, 0.1) is 6.07 Å². The maximum Gasteiger partial charge on any atom is 0.127 e. The van der Waals surface area contributed by atoms with Crippen molar-refractivity contribution >= 4 is 17.1 Å². The fraction of sp³-hybridized carbons (Fsp3) is 0.281. The van der Waals surface area contributed by atoms with Crippen molar-refractivity contribution in [3.63, 3.8) is 0 Å². The van der Waals surface area contributed by atoms with Crippen molar-refractivity contribution < 1.29 is 8.78 Å². The van der Waals surface area contributed by atoms with Gasteiger partial charge >= 0.3 is 0 Å². The van der Waals surface area contributed by atoms with E-state index in [1.807, 2.05) is 50.2 Å². The van der Waals surface area contributed by atoms with E-state index in [-0.39, 0.29) is 35.1 Å². The van der Waals surface area contributed by atoms with Crippen molar-refractivity contribution in [3.8, 4) is 6.07 Å². The molecular weight excluding hydrogens is 464 g/mol. The van der Waals surface area contributed by atoms with Gasteiger partial charge in [-0.1, -0.05) is 43.0 Å². The van der Waals surface area contributed by atoms with Crippen LogP contribution in [0.2, 0.25) is 0 Å². The van der Waals surface area contributed by atoms with Gasteiger partial charge in [-0.05, 0) is 92.1 Å². The molecule has 2 N–H and O–H groups in total. The van der Waals surface area contributed by atoms with E-state index in [1.165, 1.54) is 24.1 Å². The zero-order valence-electron chi connectivity index (χ0n) is 21.8. The highest BCUT2D eigenvalue weighted by Gasteiger charge is 2.31. The molecule has 0 aliphatic heterocycles. The summed E-state index contributed by atoms with van der Waals surface area (Å²) in [6.45, 7) is 14.1. The second-order valence-corrected chi connectivity index (χ2v) is 10.4. The van der Waals surface area contributed by atoms with Crippen LogP contribution in [0.15, 0.2) is 67.3 Å². The molecule has 3 aromatic carbocycles. The third kappa shape index (κ3) is 6.09. The van der Waals surface area contributed by atoms with Crippen LogP contribution in [-0.4, -0.2) is 5.54 Å². The molecule has 190 valence electrons. The summed E-state index contributed by atoms with van der Waals surface area (Å²) in [5, 5.41) is 16.0. The highest BCUT2D eigenvalue weighted by atomic mass is 19.1. The molecule has 1 fully saturated rings. The largest absolute Gasteiger partial charge is 0.380 e. The lowest BCUT2D eigenvalue weighted by Gasteiger charge is -2.40. The highest BCUT2D eigenvalue weighted by Crippen LogP contribution is 2.35. The lowest BCUT2D eigenvalue weighted by Crippen LogP contribution is -2.46. The number of nitrogens with one attached hydrogen (secondary N) is 2. The number of halogens is 2. The van der Waals surface area contributed by atoms with Crippen molar-refractivity contribution in [2.75, 3.05) is 5.32 Å². The van der Waals surface area contributed by atoms with Crippen LogP contribution in [0.4, 0.5) is 20.2 Å². The molecule has 1 aliphatic carbocycles. The number of rotatable bonds is 9. The number of nitriles is 1. The minimum absolute atomic E-state index is 0.0121. The fourth-order valence-corrected chi connectivity index (χ4v) is 4.78. The van der Waals surface area contributed by atoms with Crippen molar-refractivity contribution in [1.82, 2.24) is 5.32 Å². The highest BCUT2D eigenvalue weighted by molar-refractivity contribution is 5.73. The Morgan fingerprint density at radius 1 is 0.946 bits per heavy atom. The zero-order chi connectivity index (χ0) is 26.7. The van der Waals surface area contributed by atoms with E-state index in [4.69, 9.17) is 5.26 Å². The fourth-order valence-electron chi connectivity index (χ4n) is 4.78. The summed E-state index contributed by atoms with van der Waals surface area (Å²) in [5.74, 6) is -1.05. The molecule has 0 heterocycles. The number of aryl methyl sites for hydroxylation is 2. The minimum atomic E-state index is -0.542. The van der Waals surface area contributed by atoms with Gasteiger partial charge in [0.2, 0.25) is 0 Å². The van der Waals surface area contributed by atoms with Crippen molar-refractivity contribution in [2.45, 2.75) is 58.4 Å². The maximum absolute atomic E-state index is 15.1. The maximum atomic E-state index is 15.1. The van der Waals surface area contributed by atoms with Gasteiger partial charge in [0, 0.05) is 41.0 Å². The van der Waals surface area contributed by atoms with Crippen LogP contribution in [0.1, 0.15) is 59.6 Å². The van der Waals surface area contributed by atoms with Crippen molar-refractivity contribution in [1.29, 1.82) is 5.26 Å². The smallest absolute Gasteiger partial charge is 0.127 e. The average molecular weight is 498 g/mol. The molecule has 5 heteroatoms. The Hall–Kier alpha value is -3.91. The van der Waals surface area contributed by atoms with Gasteiger partial charge in [-0.15, -0.1) is 0 Å². The molecule has 0 aromatic heterocycles. The van der Waals surface area contributed by atoms with Gasteiger partial charge in [-0.2, -0.15) is 5.26 Å². The third-order valence-corrected chi connectivity index (χ3v) is 7.18. The van der Waals surface area contributed by atoms with E-state index >= 15 is 4.39 Å². The average Bonchev–Trinajstić information content (AvgIpc) is 2.83. The van der Waals surface area contributed by atoms with Crippen LogP contribution < -0.4 is 10.6 Å². The standard InChI is InChI=1S/C32H33F2N3/c1-20-7-10-30(22(3)13-20)36-31-18-24(23(4)37-32(5)11-6-12-32)8-9-25(31)15-27-17-28(33)26(16-29(27)34)14-21(2)19-35/h7-10,13,16-18,36-37H,2,4,6,11-12,14-15H2,1,3,5H3. The molecule has 0 amide bonds. The number of hydrogen-bond acceptors (Lipinski definition) is 3. The van der Waals surface area contributed by atoms with E-state index in [0.717, 1.165) is 46.6 Å². The number of anilines is 2. The van der Waals surface area contributed by atoms with Gasteiger partial charge in [0.25, 0.3) is 0 Å². The molecule has 37 heavy (non-hydrogen) atoms. The summed E-state index contributed by atoms with van der Waals surface area (Å²) in [6.07, 6.45) is 3.62. The van der Waals surface area contributed by atoms with Gasteiger partial charge in [-0.25, -0.2) is 8.78 Å². The quantitative estimate of drug-likeness (QED) is 0.294. The second kappa shape index (κ2) is 10.6. The van der Waals surface area contributed by atoms with Crippen LogP contribution >= 0.6 is 0 Å². The van der Waals surface area contributed by atoms with Crippen LogP contribution in [0.5, 0.6) is 0 Å². The Morgan fingerprint density at radius 2 is 1.65 bits per heavy atom. The molecule has 0 radical (unpaired) electrons. The minimum Gasteiger partial charge on any atom is -0.380 e. The first kappa shape index (κ1) is 26.2. The Bertz CT molecular complexity index is 1410. The molecule has 0 spiro atoms. The Balaban J connectivity index is 1.68. The van der Waals surface area contributed by atoms with E-state index in [9.17, 15) is 4.39 Å². The molecule has 1 saturated carbocycles. The predicted octanol–water partition coefficient (Wildman–Crippen LogP) is 8.04. The molecule has 0 unspecified atom stereocenters. The molecular formula is C32H33F2N3. The van der Waals surface area contributed by atoms with E-state index in [0.29, 0.717) is 0 Å². The molecule has 3 nitrogen and oxygen atoms in total. The zero-order valence-corrected chi connectivity index (χ0v) is 21.8. The first-order valence-corrected chi connectivity index (χ1v) is 12.6. The molecule has 1 aliphatic rings. The third-order valence-electron chi connectivity index (χ3n) is 7.18. The van der Waals surface area contributed by atoms with Crippen molar-refractivity contribution in [3.05, 3.63) is 112 Å². The number of hydrogen-bond donors (Lipinski definition) is 2. The van der Waals surface area contributed by atoms with Crippen LogP contribution in [-0.2, 0) is 12.8 Å². The van der Waals surface area contributed by atoms with Gasteiger partial charge in [0.15, 0.2) is 0 Å². The summed E-state index contributed by atoms with van der Waals surface area (Å²) in [4.78, 5) is 0. The van der Waals surface area contributed by atoms with E-state index < -0.39 is 11.6 Å². The Labute approximate surface area is 218 Å². The van der Waals surface area contributed by atoms with Gasteiger partial charge in [0.1, 0.15) is 11.6 Å². The normalized spacial score (nSPS) is 13.8. The SMILES string of the molecule is C=C(C#N)Cc1cc(F)c(Cc2ccc(C(=C)NC3(C)CCC3)cc2Nc2ccc(C)cc2C)cc1F. The molecule has 3 aromatic rings. The van der Waals surface area contributed by atoms with Crippen LogP contribution in [0.25, 0.3) is 5.70 Å².